The molecule has 0 radical (unpaired) electrons. The molecule has 2 aliphatic carbocycles. The first-order chi connectivity index (χ1) is 7.27. The molecule has 3 rings (SSSR count). The maximum absolute atomic E-state index is 12.0. The first-order valence-electron chi connectivity index (χ1n) is 5.52. The molecule has 2 saturated carbocycles. The summed E-state index contributed by atoms with van der Waals surface area (Å²) in [7, 11) is 0. The number of rotatable bonds is 3. The van der Waals surface area contributed by atoms with Crippen molar-refractivity contribution in [2.45, 2.75) is 25.7 Å². The van der Waals surface area contributed by atoms with Crippen LogP contribution in [0.1, 0.15) is 24.1 Å². The minimum Gasteiger partial charge on any atom is -0.299 e. The van der Waals surface area contributed by atoms with Gasteiger partial charge in [0.25, 0.3) is 0 Å². The first kappa shape index (κ1) is 10.0. The van der Waals surface area contributed by atoms with Crippen molar-refractivity contribution in [1.82, 2.24) is 0 Å². The lowest BCUT2D eigenvalue weighted by molar-refractivity contribution is -0.120. The molecular formula is C12H13BrOS. The topological polar surface area (TPSA) is 17.1 Å². The van der Waals surface area contributed by atoms with Crippen LogP contribution in [0.3, 0.4) is 0 Å². The second-order valence-electron chi connectivity index (χ2n) is 4.62. The number of ketones is 1. The van der Waals surface area contributed by atoms with Crippen molar-refractivity contribution < 1.29 is 4.79 Å². The Bertz CT molecular complexity index is 388. The molecule has 0 aromatic carbocycles. The van der Waals surface area contributed by atoms with Gasteiger partial charge in [0, 0.05) is 21.7 Å². The molecule has 2 aliphatic rings. The number of halogens is 1. The summed E-state index contributed by atoms with van der Waals surface area (Å²) in [4.78, 5) is 13.2. The van der Waals surface area contributed by atoms with Crippen molar-refractivity contribution >= 4 is 33.0 Å². The average molecular weight is 285 g/mol. The number of fused-ring (bicyclic) bond motifs is 1. The van der Waals surface area contributed by atoms with Crippen LogP contribution in [0.4, 0.5) is 0 Å². The molecular weight excluding hydrogens is 272 g/mol. The predicted molar refractivity (Wildman–Crippen MR) is 65.1 cm³/mol. The second kappa shape index (κ2) is 3.70. The molecule has 2 atom stereocenters. The molecule has 80 valence electrons. The maximum atomic E-state index is 12.0. The van der Waals surface area contributed by atoms with Gasteiger partial charge in [0.2, 0.25) is 0 Å². The van der Waals surface area contributed by atoms with Gasteiger partial charge in [0.15, 0.2) is 0 Å². The minimum atomic E-state index is 0.424. The Morgan fingerprint density at radius 2 is 2.20 bits per heavy atom. The van der Waals surface area contributed by atoms with E-state index in [1.807, 2.05) is 11.4 Å². The zero-order chi connectivity index (χ0) is 10.4. The summed E-state index contributed by atoms with van der Waals surface area (Å²) in [5.74, 6) is 2.42. The molecule has 1 aromatic heterocycles. The SMILES string of the molecule is O=C(Cc1sccc1Br)C1C2CCCC21. The number of carbonyl (C=O) groups excluding carboxylic acids is 1. The van der Waals surface area contributed by atoms with Gasteiger partial charge >= 0.3 is 0 Å². The van der Waals surface area contributed by atoms with Gasteiger partial charge in [-0.1, -0.05) is 6.42 Å². The van der Waals surface area contributed by atoms with Crippen molar-refractivity contribution in [3.05, 3.63) is 20.8 Å². The van der Waals surface area contributed by atoms with Crippen LogP contribution in [0.2, 0.25) is 0 Å². The molecule has 0 saturated heterocycles. The first-order valence-corrected chi connectivity index (χ1v) is 7.19. The van der Waals surface area contributed by atoms with Gasteiger partial charge in [-0.25, -0.2) is 0 Å². The summed E-state index contributed by atoms with van der Waals surface area (Å²) in [6.45, 7) is 0. The lowest BCUT2D eigenvalue weighted by atomic mass is 10.1. The van der Waals surface area contributed by atoms with E-state index < -0.39 is 0 Å². The largest absolute Gasteiger partial charge is 0.299 e. The fourth-order valence-corrected chi connectivity index (χ4v) is 4.53. The van der Waals surface area contributed by atoms with Crippen molar-refractivity contribution in [1.29, 1.82) is 0 Å². The molecule has 1 aromatic rings. The Hall–Kier alpha value is -0.150. The van der Waals surface area contributed by atoms with E-state index in [2.05, 4.69) is 15.9 Å². The van der Waals surface area contributed by atoms with Crippen molar-refractivity contribution in [2.75, 3.05) is 0 Å². The van der Waals surface area contributed by atoms with Gasteiger partial charge in [-0.15, -0.1) is 11.3 Å². The van der Waals surface area contributed by atoms with E-state index in [0.29, 0.717) is 18.1 Å². The Morgan fingerprint density at radius 3 is 2.80 bits per heavy atom. The smallest absolute Gasteiger partial charge is 0.141 e. The molecule has 2 fully saturated rings. The zero-order valence-electron chi connectivity index (χ0n) is 8.41. The van der Waals surface area contributed by atoms with E-state index in [9.17, 15) is 4.79 Å². The quantitative estimate of drug-likeness (QED) is 0.828. The molecule has 1 heterocycles. The van der Waals surface area contributed by atoms with Gasteiger partial charge in [0.1, 0.15) is 5.78 Å². The Kier molecular flexibility index (Phi) is 2.48. The number of thiophene rings is 1. The van der Waals surface area contributed by atoms with Crippen LogP contribution in [-0.2, 0) is 11.2 Å². The highest BCUT2D eigenvalue weighted by atomic mass is 79.9. The van der Waals surface area contributed by atoms with Gasteiger partial charge in [0.05, 0.1) is 0 Å². The zero-order valence-corrected chi connectivity index (χ0v) is 10.8. The number of Topliss-reactive ketones (excluding diaryl/α,β-unsaturated/α-hetero) is 1. The molecule has 0 bridgehead atoms. The van der Waals surface area contributed by atoms with Crippen LogP contribution >= 0.6 is 27.3 Å². The van der Waals surface area contributed by atoms with Crippen LogP contribution in [-0.4, -0.2) is 5.78 Å². The van der Waals surface area contributed by atoms with Crippen LogP contribution in [0, 0.1) is 17.8 Å². The highest BCUT2D eigenvalue weighted by molar-refractivity contribution is 9.10. The summed E-state index contributed by atoms with van der Waals surface area (Å²) in [5.41, 5.74) is 0. The average Bonchev–Trinajstić information content (AvgIpc) is 2.60. The lowest BCUT2D eigenvalue weighted by Gasteiger charge is -2.01. The van der Waals surface area contributed by atoms with E-state index in [0.717, 1.165) is 16.3 Å². The fraction of sp³-hybridized carbons (Fsp3) is 0.583. The third kappa shape index (κ3) is 1.70. The van der Waals surface area contributed by atoms with Crippen LogP contribution < -0.4 is 0 Å². The number of hydrogen-bond donors (Lipinski definition) is 0. The molecule has 0 spiro atoms. The van der Waals surface area contributed by atoms with Gasteiger partial charge in [-0.2, -0.15) is 0 Å². The van der Waals surface area contributed by atoms with E-state index in [1.54, 1.807) is 11.3 Å². The van der Waals surface area contributed by atoms with Crippen molar-refractivity contribution in [3.8, 4) is 0 Å². The summed E-state index contributed by atoms with van der Waals surface area (Å²) in [5, 5.41) is 2.04. The van der Waals surface area contributed by atoms with Crippen LogP contribution in [0.5, 0.6) is 0 Å². The molecule has 3 heteroatoms. The van der Waals surface area contributed by atoms with E-state index >= 15 is 0 Å². The Morgan fingerprint density at radius 1 is 1.47 bits per heavy atom. The highest BCUT2D eigenvalue weighted by Crippen LogP contribution is 2.58. The number of carbonyl (C=O) groups is 1. The monoisotopic (exact) mass is 284 g/mol. The van der Waals surface area contributed by atoms with Crippen LogP contribution in [0.15, 0.2) is 15.9 Å². The fourth-order valence-electron chi connectivity index (χ4n) is 3.03. The lowest BCUT2D eigenvalue weighted by Crippen LogP contribution is -2.08. The van der Waals surface area contributed by atoms with Crippen LogP contribution in [0.25, 0.3) is 0 Å². The Labute approximate surface area is 102 Å². The standard InChI is InChI=1S/C12H13BrOS/c13-9-4-5-15-11(9)6-10(14)12-7-2-1-3-8(7)12/h4-5,7-8,12H,1-3,6H2. The van der Waals surface area contributed by atoms with Gasteiger partial charge in [-0.05, 0) is 52.1 Å². The van der Waals surface area contributed by atoms with E-state index in [1.165, 1.54) is 24.1 Å². The third-order valence-electron chi connectivity index (χ3n) is 3.80. The third-order valence-corrected chi connectivity index (χ3v) is 5.73. The van der Waals surface area contributed by atoms with E-state index in [4.69, 9.17) is 0 Å². The minimum absolute atomic E-state index is 0.424. The van der Waals surface area contributed by atoms with Crippen molar-refractivity contribution in [3.63, 3.8) is 0 Å². The molecule has 0 N–H and O–H groups in total. The summed E-state index contributed by atoms with van der Waals surface area (Å²) in [6, 6.07) is 2.03. The van der Waals surface area contributed by atoms with Crippen molar-refractivity contribution in [2.24, 2.45) is 17.8 Å². The Balaban J connectivity index is 1.65. The highest BCUT2D eigenvalue weighted by Gasteiger charge is 2.55. The normalized spacial score (nSPS) is 32.7. The van der Waals surface area contributed by atoms with E-state index in [-0.39, 0.29) is 0 Å². The maximum Gasteiger partial charge on any atom is 0.141 e. The summed E-state index contributed by atoms with van der Waals surface area (Å²) >= 11 is 5.17. The summed E-state index contributed by atoms with van der Waals surface area (Å²) < 4.78 is 1.10. The summed E-state index contributed by atoms with van der Waals surface area (Å²) in [6.07, 6.45) is 4.59. The molecule has 1 nitrogen and oxygen atoms in total. The molecule has 15 heavy (non-hydrogen) atoms. The second-order valence-corrected chi connectivity index (χ2v) is 6.47. The molecule has 0 aliphatic heterocycles. The molecule has 0 amide bonds. The van der Waals surface area contributed by atoms with Gasteiger partial charge < -0.3 is 0 Å². The predicted octanol–water partition coefficient (Wildman–Crippen LogP) is 3.67. The van der Waals surface area contributed by atoms with Gasteiger partial charge in [-0.3, -0.25) is 4.79 Å². The number of hydrogen-bond acceptors (Lipinski definition) is 2. The molecule has 2 unspecified atom stereocenters.